The second kappa shape index (κ2) is 22.9. The van der Waals surface area contributed by atoms with Gasteiger partial charge < -0.3 is 26.0 Å². The number of carboxylic acid groups (broad SMARTS) is 1. The van der Waals surface area contributed by atoms with Crippen molar-refractivity contribution in [2.75, 3.05) is 25.7 Å². The Bertz CT molecular complexity index is 3170. The first-order valence-corrected chi connectivity index (χ1v) is 21.5. The highest BCUT2D eigenvalue weighted by Gasteiger charge is 2.29. The molecule has 0 heterocycles. The van der Waals surface area contributed by atoms with E-state index < -0.39 is 18.1 Å². The number of hydrogen-bond donors (Lipinski definition) is 5. The zero-order valence-corrected chi connectivity index (χ0v) is 38.6. The fourth-order valence-electron chi connectivity index (χ4n) is 7.27. The molecule has 0 aliphatic heterocycles. The molecule has 20 nitrogen and oxygen atoms in total. The van der Waals surface area contributed by atoms with E-state index in [0.717, 1.165) is 27.8 Å². The number of rotatable bonds is 15. The molecule has 2 atom stereocenters. The molecule has 0 spiro atoms. The number of Topliss-reactive ketones (excluding diaryl/α,β-unsaturated/α-hetero) is 2. The minimum atomic E-state index is -1.25. The number of anilines is 2. The third-order valence-corrected chi connectivity index (χ3v) is 11.0. The van der Waals surface area contributed by atoms with Gasteiger partial charge in [-0.25, -0.2) is 14.6 Å². The van der Waals surface area contributed by atoms with E-state index in [4.69, 9.17) is 31.5 Å². The minimum absolute atomic E-state index is 0.0239. The number of carboxylic acids is 1. The van der Waals surface area contributed by atoms with Crippen molar-refractivity contribution in [3.8, 4) is 11.5 Å². The fourth-order valence-corrected chi connectivity index (χ4v) is 7.27. The summed E-state index contributed by atoms with van der Waals surface area (Å²) in [6.07, 6.45) is 3.76. The van der Waals surface area contributed by atoms with E-state index >= 15 is 0 Å². The van der Waals surface area contributed by atoms with Crippen LogP contribution in [0.5, 0.6) is 11.5 Å². The molecule has 8 rings (SSSR count). The summed E-state index contributed by atoms with van der Waals surface area (Å²) in [5.74, 6) is -1.01. The van der Waals surface area contributed by atoms with Gasteiger partial charge in [0, 0.05) is 34.6 Å². The molecule has 6 aromatic rings. The van der Waals surface area contributed by atoms with Crippen LogP contribution in [0.3, 0.4) is 0 Å². The van der Waals surface area contributed by atoms with E-state index in [1.165, 1.54) is 26.4 Å². The highest BCUT2D eigenvalue weighted by Crippen LogP contribution is 2.38. The Labute approximate surface area is 405 Å². The van der Waals surface area contributed by atoms with Crippen LogP contribution in [0.2, 0.25) is 0 Å². The quantitative estimate of drug-likeness (QED) is 0.0278. The van der Waals surface area contributed by atoms with E-state index in [-0.39, 0.29) is 47.5 Å². The van der Waals surface area contributed by atoms with Crippen molar-refractivity contribution < 1.29 is 49.3 Å². The Kier molecular flexibility index (Phi) is 16.1. The van der Waals surface area contributed by atoms with E-state index in [1.54, 1.807) is 104 Å². The average molecular weight is 959 g/mol. The number of azo groups is 4. The number of benzene rings is 6. The van der Waals surface area contributed by atoms with Gasteiger partial charge in [0.2, 0.25) is 0 Å². The van der Waals surface area contributed by atoms with Gasteiger partial charge in [-0.3, -0.25) is 20.1 Å². The molecule has 0 fully saturated rings. The molecule has 0 amide bonds. The summed E-state index contributed by atoms with van der Waals surface area (Å²) in [6.45, 7) is 3.75. The Morgan fingerprint density at radius 2 is 0.986 bits per heavy atom. The average Bonchev–Trinajstić information content (AvgIpc) is 3.36. The van der Waals surface area contributed by atoms with Crippen molar-refractivity contribution in [3.63, 3.8) is 0 Å². The van der Waals surface area contributed by atoms with Crippen LogP contribution in [0.25, 0.3) is 12.2 Å². The third-order valence-electron chi connectivity index (χ3n) is 11.0. The van der Waals surface area contributed by atoms with E-state index in [0.29, 0.717) is 56.6 Å². The third kappa shape index (κ3) is 12.2. The molecule has 2 aliphatic carbocycles. The number of ketones is 2. The van der Waals surface area contributed by atoms with Crippen LogP contribution < -0.4 is 20.9 Å². The van der Waals surface area contributed by atoms with Crippen molar-refractivity contribution in [2.45, 2.75) is 39.1 Å². The lowest BCUT2D eigenvalue weighted by Gasteiger charge is -2.19. The topological polar surface area (TPSA) is 300 Å². The summed E-state index contributed by atoms with van der Waals surface area (Å²) in [4.78, 5) is 46.2. The number of nitrogen functional groups attached to an aromatic ring is 2. The Balaban J connectivity index is 0.000000209. The summed E-state index contributed by atoms with van der Waals surface area (Å²) < 4.78 is 10.8. The molecular formula is C51H46N10O10. The highest BCUT2D eigenvalue weighted by atomic mass is 17.1. The van der Waals surface area contributed by atoms with Gasteiger partial charge in [-0.15, -0.1) is 5.11 Å². The van der Waals surface area contributed by atoms with Crippen molar-refractivity contribution in [1.82, 2.24) is 0 Å². The van der Waals surface area contributed by atoms with E-state index in [1.807, 2.05) is 25.1 Å². The number of methoxy groups -OCH3 is 2. The normalized spacial score (nSPS) is 15.4. The summed E-state index contributed by atoms with van der Waals surface area (Å²) in [5.41, 5.74) is 20.4. The second-order valence-corrected chi connectivity index (χ2v) is 15.9. The maximum absolute atomic E-state index is 13.0. The molecule has 2 aliphatic rings. The summed E-state index contributed by atoms with van der Waals surface area (Å²) in [5, 5.41) is 60.3. The second-order valence-electron chi connectivity index (χ2n) is 15.9. The zero-order chi connectivity index (χ0) is 50.6. The van der Waals surface area contributed by atoms with Crippen LogP contribution in [-0.2, 0) is 23.0 Å². The van der Waals surface area contributed by atoms with E-state index in [2.05, 4.69) is 50.7 Å². The van der Waals surface area contributed by atoms with Crippen molar-refractivity contribution in [1.29, 1.82) is 0 Å². The number of carbonyl (C=O) groups excluding carboxylic acids is 2. The smallest absolute Gasteiger partial charge is 0.338 e. The first-order chi connectivity index (χ1) is 34.3. The van der Waals surface area contributed by atoms with Gasteiger partial charge in [-0.05, 0) is 114 Å². The lowest BCUT2D eigenvalue weighted by molar-refractivity contribution is -0.253. The lowest BCUT2D eigenvalue weighted by atomic mass is 9.88. The fraction of sp³-hybridized carbons (Fsp3) is 0.157. The van der Waals surface area contributed by atoms with Crippen LogP contribution in [0.4, 0.5) is 45.5 Å². The molecule has 7 N–H and O–H groups in total. The van der Waals surface area contributed by atoms with Crippen molar-refractivity contribution in [3.05, 3.63) is 165 Å². The van der Waals surface area contributed by atoms with Crippen LogP contribution in [0.1, 0.15) is 67.2 Å². The molecule has 0 radical (unpaired) electrons. The van der Waals surface area contributed by atoms with Gasteiger partial charge >= 0.3 is 5.97 Å². The lowest BCUT2D eigenvalue weighted by Crippen LogP contribution is -2.24. The molecule has 0 saturated carbocycles. The Morgan fingerprint density at radius 3 is 1.46 bits per heavy atom. The van der Waals surface area contributed by atoms with Gasteiger partial charge in [0.15, 0.2) is 23.7 Å². The number of carbonyl (C=O) groups is 3. The Hall–Kier alpha value is -8.95. The van der Waals surface area contributed by atoms with Gasteiger partial charge in [-0.1, -0.05) is 48.6 Å². The maximum Gasteiger partial charge on any atom is 0.338 e. The molecule has 0 bridgehead atoms. The maximum atomic E-state index is 13.0. The molecule has 20 heteroatoms. The number of nitrogens with two attached hydrogens (primary N) is 2. The number of aromatic carboxylic acids is 1. The van der Waals surface area contributed by atoms with Gasteiger partial charge in [0.05, 0.1) is 36.8 Å². The number of fused-ring (bicyclic) bond motifs is 2. The molecule has 360 valence electrons. The number of nitrogens with zero attached hydrogens (tertiary/aromatic N) is 8. The molecular weight excluding hydrogens is 913 g/mol. The first kappa shape index (κ1) is 49.9. The highest BCUT2D eigenvalue weighted by molar-refractivity contribution is 6.09. The van der Waals surface area contributed by atoms with Crippen LogP contribution in [0, 0.1) is 0 Å². The monoisotopic (exact) mass is 958 g/mol. The van der Waals surface area contributed by atoms with Gasteiger partial charge in [0.1, 0.15) is 41.8 Å². The van der Waals surface area contributed by atoms with Gasteiger partial charge in [0.25, 0.3) is 0 Å². The molecule has 0 aromatic heterocycles. The minimum Gasteiger partial charge on any atom is -0.494 e. The number of hydrogen-bond acceptors (Lipinski definition) is 19. The van der Waals surface area contributed by atoms with Crippen LogP contribution in [0.15, 0.2) is 167 Å². The predicted molar refractivity (Wildman–Crippen MR) is 263 cm³/mol. The van der Waals surface area contributed by atoms with Crippen LogP contribution in [-0.4, -0.2) is 59.5 Å². The van der Waals surface area contributed by atoms with Crippen LogP contribution >= 0.6 is 0 Å². The summed E-state index contributed by atoms with van der Waals surface area (Å²) in [6, 6.07) is 30.2. The molecule has 2 unspecified atom stereocenters. The summed E-state index contributed by atoms with van der Waals surface area (Å²) in [7, 11) is 2.92. The van der Waals surface area contributed by atoms with Crippen molar-refractivity contribution >= 4 is 75.2 Å². The molecule has 71 heavy (non-hydrogen) atoms. The standard InChI is InChI=1S/C26H23N5O6.C25H23N5O4/c1-14-9-16-5-6-17(27)10-19(16)25(32)24(14)31-30-22-11-20(26(33)34)21(12-23(22)36-2)29-28-18-7-3-15(4-8-18)13-37-35;1-15-11-17-5-6-18(26)12-21(17)25(31)24(15)30-29-22-10-9-20(13-23(22)33-2)28-27-19-7-3-16(4-8-19)14-34-32/h3-12,24,35H,13,27H2,1-2H3,(H,33,34);3-13,24,32H,14,26H2,1-2H3. The van der Waals surface area contributed by atoms with Crippen molar-refractivity contribution in [2.24, 2.45) is 40.9 Å². The largest absolute Gasteiger partial charge is 0.494 e. The predicted octanol–water partition coefficient (Wildman–Crippen LogP) is 12.6. The summed E-state index contributed by atoms with van der Waals surface area (Å²) >= 11 is 0. The SMILES string of the molecule is COc1cc(N=Nc2ccc(COO)cc2)c(C(=O)O)cc1N=NC1C(=O)c2cc(N)ccc2C=C1C.COc1cc(N=Nc2ccc(COO)cc2)ccc1N=NC1C(=O)c2cc(N)ccc2C=C1C. The first-order valence-electron chi connectivity index (χ1n) is 21.5. The molecule has 0 saturated heterocycles. The number of ether oxygens (including phenoxy) is 2. The van der Waals surface area contributed by atoms with E-state index in [9.17, 15) is 19.5 Å². The zero-order valence-electron chi connectivity index (χ0n) is 38.6. The molecule has 6 aromatic carbocycles. The Morgan fingerprint density at radius 1 is 0.535 bits per heavy atom. The van der Waals surface area contributed by atoms with Gasteiger partial charge in [-0.2, -0.15) is 35.8 Å².